The SMILES string of the molecule is COc1cc([N+](=O)[O-])ccc1N/C=C/C(=O)c1ccc(Cl)cc1. The zero-order valence-electron chi connectivity index (χ0n) is 12.2. The van der Waals surface area contributed by atoms with E-state index < -0.39 is 4.92 Å². The summed E-state index contributed by atoms with van der Waals surface area (Å²) in [7, 11) is 1.41. The first-order valence-electron chi connectivity index (χ1n) is 6.56. The van der Waals surface area contributed by atoms with Gasteiger partial charge >= 0.3 is 0 Å². The van der Waals surface area contributed by atoms with E-state index in [-0.39, 0.29) is 11.5 Å². The molecule has 0 heterocycles. The lowest BCUT2D eigenvalue weighted by molar-refractivity contribution is -0.384. The minimum atomic E-state index is -0.508. The number of carbonyl (C=O) groups excluding carboxylic acids is 1. The van der Waals surface area contributed by atoms with E-state index in [1.165, 1.54) is 37.6 Å². The molecular formula is C16H13ClN2O4. The summed E-state index contributed by atoms with van der Waals surface area (Å²) in [6, 6.07) is 10.7. The molecule has 0 aliphatic heterocycles. The van der Waals surface area contributed by atoms with E-state index in [2.05, 4.69) is 5.32 Å². The first-order valence-corrected chi connectivity index (χ1v) is 6.94. The van der Waals surface area contributed by atoms with Crippen molar-refractivity contribution < 1.29 is 14.5 Å². The van der Waals surface area contributed by atoms with Crippen molar-refractivity contribution in [3.8, 4) is 5.75 Å². The zero-order valence-corrected chi connectivity index (χ0v) is 12.9. The summed E-state index contributed by atoms with van der Waals surface area (Å²) in [6.07, 6.45) is 2.80. The molecular weight excluding hydrogens is 320 g/mol. The summed E-state index contributed by atoms with van der Waals surface area (Å²) < 4.78 is 5.09. The number of nitro benzene ring substituents is 1. The standard InChI is InChI=1S/C16H13ClN2O4/c1-23-16-10-13(19(21)22)6-7-14(16)18-9-8-15(20)11-2-4-12(17)5-3-11/h2-10,18H,1H3/b9-8+. The van der Waals surface area contributed by atoms with Crippen LogP contribution < -0.4 is 10.1 Å². The second-order valence-corrected chi connectivity index (χ2v) is 4.93. The molecule has 0 aliphatic rings. The van der Waals surface area contributed by atoms with Gasteiger partial charge in [0, 0.05) is 28.9 Å². The van der Waals surface area contributed by atoms with Crippen molar-refractivity contribution in [1.29, 1.82) is 0 Å². The van der Waals surface area contributed by atoms with Crippen LogP contribution in [0.1, 0.15) is 10.4 Å². The fourth-order valence-electron chi connectivity index (χ4n) is 1.83. The number of nitrogens with zero attached hydrogens (tertiary/aromatic N) is 1. The quantitative estimate of drug-likeness (QED) is 0.373. The average molecular weight is 333 g/mol. The van der Waals surface area contributed by atoms with Gasteiger partial charge in [-0.15, -0.1) is 0 Å². The van der Waals surface area contributed by atoms with Crippen molar-refractivity contribution in [3.05, 3.63) is 75.4 Å². The van der Waals surface area contributed by atoms with Crippen molar-refractivity contribution in [2.45, 2.75) is 0 Å². The third-order valence-electron chi connectivity index (χ3n) is 3.00. The number of benzene rings is 2. The molecule has 23 heavy (non-hydrogen) atoms. The lowest BCUT2D eigenvalue weighted by Gasteiger charge is -2.07. The predicted octanol–water partition coefficient (Wildman–Crippen LogP) is 4.07. The Morgan fingerprint density at radius 3 is 2.57 bits per heavy atom. The molecule has 0 saturated heterocycles. The maximum Gasteiger partial charge on any atom is 0.273 e. The number of halogens is 1. The number of carbonyl (C=O) groups is 1. The number of anilines is 1. The highest BCUT2D eigenvalue weighted by molar-refractivity contribution is 6.30. The molecule has 0 saturated carbocycles. The molecule has 2 aromatic carbocycles. The van der Waals surface area contributed by atoms with Gasteiger partial charge in [0.2, 0.25) is 0 Å². The molecule has 2 aromatic rings. The molecule has 2 rings (SSSR count). The van der Waals surface area contributed by atoms with Crippen molar-refractivity contribution >= 4 is 28.8 Å². The Morgan fingerprint density at radius 2 is 1.96 bits per heavy atom. The van der Waals surface area contributed by atoms with Crippen LogP contribution >= 0.6 is 11.6 Å². The van der Waals surface area contributed by atoms with Crippen LogP contribution in [0.25, 0.3) is 0 Å². The third kappa shape index (κ3) is 4.31. The number of rotatable bonds is 6. The lowest BCUT2D eigenvalue weighted by Crippen LogP contribution is -1.98. The van der Waals surface area contributed by atoms with Crippen molar-refractivity contribution in [2.75, 3.05) is 12.4 Å². The van der Waals surface area contributed by atoms with Gasteiger partial charge in [-0.1, -0.05) is 11.6 Å². The number of hydrogen-bond donors (Lipinski definition) is 1. The van der Waals surface area contributed by atoms with Crippen LogP contribution in [-0.2, 0) is 0 Å². The first kappa shape index (κ1) is 16.5. The topological polar surface area (TPSA) is 81.5 Å². The van der Waals surface area contributed by atoms with Crippen LogP contribution in [0, 0.1) is 10.1 Å². The highest BCUT2D eigenvalue weighted by atomic mass is 35.5. The number of ketones is 1. The monoisotopic (exact) mass is 332 g/mol. The van der Waals surface area contributed by atoms with Crippen LogP contribution in [0.4, 0.5) is 11.4 Å². The van der Waals surface area contributed by atoms with Crippen LogP contribution in [-0.4, -0.2) is 17.8 Å². The summed E-state index contributed by atoms with van der Waals surface area (Å²) in [5.41, 5.74) is 0.940. The van der Waals surface area contributed by atoms with Gasteiger partial charge in [-0.05, 0) is 30.3 Å². The van der Waals surface area contributed by atoms with E-state index in [1.807, 2.05) is 0 Å². The third-order valence-corrected chi connectivity index (χ3v) is 3.25. The number of nitrogens with one attached hydrogen (secondary N) is 1. The Kier molecular flexibility index (Phi) is 5.32. The van der Waals surface area contributed by atoms with Crippen LogP contribution in [0.5, 0.6) is 5.75 Å². The second-order valence-electron chi connectivity index (χ2n) is 4.49. The molecule has 0 aromatic heterocycles. The maximum absolute atomic E-state index is 12.0. The van der Waals surface area contributed by atoms with Crippen molar-refractivity contribution in [1.82, 2.24) is 0 Å². The lowest BCUT2D eigenvalue weighted by atomic mass is 10.1. The molecule has 7 heteroatoms. The number of allylic oxidation sites excluding steroid dienone is 1. The van der Waals surface area contributed by atoms with Gasteiger partial charge in [0.25, 0.3) is 5.69 Å². The average Bonchev–Trinajstić information content (AvgIpc) is 2.55. The fourth-order valence-corrected chi connectivity index (χ4v) is 1.96. The zero-order chi connectivity index (χ0) is 16.8. The molecule has 0 fully saturated rings. The van der Waals surface area contributed by atoms with Crippen molar-refractivity contribution in [2.24, 2.45) is 0 Å². The largest absolute Gasteiger partial charge is 0.494 e. The first-order chi connectivity index (χ1) is 11.0. The summed E-state index contributed by atoms with van der Waals surface area (Å²) in [6.45, 7) is 0. The smallest absolute Gasteiger partial charge is 0.273 e. The minimum absolute atomic E-state index is 0.0754. The van der Waals surface area contributed by atoms with E-state index in [9.17, 15) is 14.9 Å². The van der Waals surface area contributed by atoms with Crippen LogP contribution in [0.2, 0.25) is 5.02 Å². The van der Waals surface area contributed by atoms with Crippen LogP contribution in [0.3, 0.4) is 0 Å². The number of ether oxygens (including phenoxy) is 1. The Balaban J connectivity index is 2.09. The molecule has 0 spiro atoms. The molecule has 0 unspecified atom stereocenters. The molecule has 1 N–H and O–H groups in total. The van der Waals surface area contributed by atoms with Gasteiger partial charge in [-0.3, -0.25) is 14.9 Å². The summed E-state index contributed by atoms with van der Waals surface area (Å²) in [4.78, 5) is 22.2. The van der Waals surface area contributed by atoms with Gasteiger partial charge in [-0.2, -0.15) is 0 Å². The Bertz CT molecular complexity index is 757. The molecule has 0 atom stereocenters. The van der Waals surface area contributed by atoms with E-state index in [1.54, 1.807) is 24.3 Å². The van der Waals surface area contributed by atoms with E-state index in [4.69, 9.17) is 16.3 Å². The second kappa shape index (κ2) is 7.42. The fraction of sp³-hybridized carbons (Fsp3) is 0.0625. The van der Waals surface area contributed by atoms with Crippen LogP contribution in [0.15, 0.2) is 54.7 Å². The van der Waals surface area contributed by atoms with Gasteiger partial charge in [0.1, 0.15) is 5.75 Å². The number of methoxy groups -OCH3 is 1. The van der Waals surface area contributed by atoms with Gasteiger partial charge in [0.15, 0.2) is 5.78 Å². The number of nitro groups is 1. The Morgan fingerprint density at radius 1 is 1.26 bits per heavy atom. The number of non-ortho nitro benzene ring substituents is 1. The van der Waals surface area contributed by atoms with Gasteiger partial charge in [-0.25, -0.2) is 0 Å². The minimum Gasteiger partial charge on any atom is -0.494 e. The number of hydrogen-bond acceptors (Lipinski definition) is 5. The predicted molar refractivity (Wildman–Crippen MR) is 88.2 cm³/mol. The highest BCUT2D eigenvalue weighted by Gasteiger charge is 2.10. The molecule has 6 nitrogen and oxygen atoms in total. The summed E-state index contributed by atoms with van der Waals surface area (Å²) in [5, 5.41) is 14.1. The Labute approximate surface area is 137 Å². The molecule has 0 radical (unpaired) electrons. The molecule has 0 amide bonds. The maximum atomic E-state index is 12.0. The molecule has 0 aliphatic carbocycles. The van der Waals surface area contributed by atoms with E-state index >= 15 is 0 Å². The molecule has 118 valence electrons. The summed E-state index contributed by atoms with van der Waals surface area (Å²) >= 11 is 5.77. The normalized spacial score (nSPS) is 10.5. The van der Waals surface area contributed by atoms with Gasteiger partial charge in [0.05, 0.1) is 23.8 Å². The summed E-state index contributed by atoms with van der Waals surface area (Å²) in [5.74, 6) is 0.109. The molecule has 0 bridgehead atoms. The van der Waals surface area contributed by atoms with Crippen molar-refractivity contribution in [3.63, 3.8) is 0 Å². The Hall–Kier alpha value is -2.86. The van der Waals surface area contributed by atoms with Gasteiger partial charge < -0.3 is 10.1 Å². The van der Waals surface area contributed by atoms with E-state index in [0.29, 0.717) is 22.0 Å². The van der Waals surface area contributed by atoms with E-state index in [0.717, 1.165) is 0 Å². The highest BCUT2D eigenvalue weighted by Crippen LogP contribution is 2.28.